The molecule has 1 aliphatic rings. The average Bonchev–Trinajstić information content (AvgIpc) is 2.94. The summed E-state index contributed by atoms with van der Waals surface area (Å²) < 4.78 is 5.47. The Morgan fingerprint density at radius 1 is 1.10 bits per heavy atom. The van der Waals surface area contributed by atoms with Crippen LogP contribution in [-0.4, -0.2) is 29.4 Å². The van der Waals surface area contributed by atoms with Gasteiger partial charge in [0.15, 0.2) is 0 Å². The van der Waals surface area contributed by atoms with Crippen LogP contribution in [0.2, 0.25) is 0 Å². The van der Waals surface area contributed by atoms with Gasteiger partial charge in [0.05, 0.1) is 0 Å². The number of hydrogen-bond acceptors (Lipinski definition) is 4. The fraction of sp³-hybridized carbons (Fsp3) is 0.375. The Labute approximate surface area is 177 Å². The average molecular weight is 408 g/mol. The zero-order valence-corrected chi connectivity index (χ0v) is 18.1. The van der Waals surface area contributed by atoms with E-state index < -0.39 is 30.0 Å². The van der Waals surface area contributed by atoms with Crippen LogP contribution in [0.5, 0.6) is 5.75 Å². The summed E-state index contributed by atoms with van der Waals surface area (Å²) >= 11 is 0. The predicted molar refractivity (Wildman–Crippen MR) is 114 cm³/mol. The van der Waals surface area contributed by atoms with Gasteiger partial charge < -0.3 is 10.1 Å². The minimum atomic E-state index is -1.16. The number of amides is 3. The topological polar surface area (TPSA) is 75.7 Å². The van der Waals surface area contributed by atoms with Gasteiger partial charge in [0.25, 0.3) is 5.91 Å². The summed E-state index contributed by atoms with van der Waals surface area (Å²) in [5.74, 6) is -0.687. The molecular formula is C24H28N2O4. The molecular weight excluding hydrogens is 380 g/mol. The molecule has 0 aromatic heterocycles. The van der Waals surface area contributed by atoms with Crippen LogP contribution in [0.3, 0.4) is 0 Å². The number of benzene rings is 2. The van der Waals surface area contributed by atoms with E-state index in [0.717, 1.165) is 16.0 Å². The van der Waals surface area contributed by atoms with Gasteiger partial charge in [-0.15, -0.1) is 0 Å². The highest BCUT2D eigenvalue weighted by Gasteiger charge is 2.51. The van der Waals surface area contributed by atoms with E-state index in [0.29, 0.717) is 17.7 Å². The monoisotopic (exact) mass is 408 g/mol. The van der Waals surface area contributed by atoms with Gasteiger partial charge in [-0.1, -0.05) is 70.2 Å². The molecule has 6 heteroatoms. The van der Waals surface area contributed by atoms with Gasteiger partial charge in [0.2, 0.25) is 0 Å². The Morgan fingerprint density at radius 3 is 2.33 bits per heavy atom. The SMILES string of the molecule is CCC1(c2ccccc2)NC(=O)N(CC(=O)Oc2ccc(C(C)(C)C)cc2C)C1=O. The number of imide groups is 1. The number of urea groups is 1. The van der Waals surface area contributed by atoms with Crippen molar-refractivity contribution < 1.29 is 19.1 Å². The highest BCUT2D eigenvalue weighted by Crippen LogP contribution is 2.32. The number of aryl methyl sites for hydroxylation is 1. The number of carbonyl (C=O) groups excluding carboxylic acids is 3. The van der Waals surface area contributed by atoms with Crippen molar-refractivity contribution >= 4 is 17.9 Å². The maximum absolute atomic E-state index is 13.1. The first-order valence-corrected chi connectivity index (χ1v) is 10.1. The number of carbonyl (C=O) groups is 3. The molecule has 0 spiro atoms. The van der Waals surface area contributed by atoms with Crippen molar-refractivity contribution in [2.45, 2.75) is 52.0 Å². The van der Waals surface area contributed by atoms with Crippen molar-refractivity contribution in [1.29, 1.82) is 0 Å². The molecule has 0 radical (unpaired) electrons. The molecule has 0 saturated carbocycles. The first kappa shape index (κ1) is 21.6. The number of esters is 1. The molecule has 1 unspecified atom stereocenters. The second-order valence-electron chi connectivity index (χ2n) is 8.65. The fourth-order valence-corrected chi connectivity index (χ4v) is 3.65. The Bertz CT molecular complexity index is 978. The molecule has 1 heterocycles. The smallest absolute Gasteiger partial charge is 0.331 e. The molecule has 0 bridgehead atoms. The van der Waals surface area contributed by atoms with Gasteiger partial charge in [-0.25, -0.2) is 9.59 Å². The number of hydrogen-bond donors (Lipinski definition) is 1. The normalized spacial score (nSPS) is 19.0. The van der Waals surface area contributed by atoms with Crippen LogP contribution in [-0.2, 0) is 20.5 Å². The molecule has 158 valence electrons. The van der Waals surface area contributed by atoms with E-state index in [1.807, 2.05) is 44.2 Å². The van der Waals surface area contributed by atoms with Crippen LogP contribution in [0.4, 0.5) is 4.79 Å². The number of ether oxygens (including phenoxy) is 1. The van der Waals surface area contributed by atoms with Crippen LogP contribution in [0.25, 0.3) is 0 Å². The lowest BCUT2D eigenvalue weighted by Crippen LogP contribution is -2.44. The molecule has 3 rings (SSSR count). The van der Waals surface area contributed by atoms with Crippen LogP contribution in [0.1, 0.15) is 50.8 Å². The molecule has 1 atom stereocenters. The third kappa shape index (κ3) is 3.95. The van der Waals surface area contributed by atoms with Gasteiger partial charge >= 0.3 is 12.0 Å². The van der Waals surface area contributed by atoms with Gasteiger partial charge in [0.1, 0.15) is 17.8 Å². The first-order chi connectivity index (χ1) is 14.1. The molecule has 3 amide bonds. The highest BCUT2D eigenvalue weighted by atomic mass is 16.5. The molecule has 0 aliphatic carbocycles. The third-order valence-corrected chi connectivity index (χ3v) is 5.52. The van der Waals surface area contributed by atoms with E-state index in [1.165, 1.54) is 0 Å². The Balaban J connectivity index is 1.76. The largest absolute Gasteiger partial charge is 0.425 e. The van der Waals surface area contributed by atoms with Gasteiger partial charge in [-0.3, -0.25) is 9.69 Å². The molecule has 2 aromatic carbocycles. The summed E-state index contributed by atoms with van der Waals surface area (Å²) in [4.78, 5) is 39.1. The second kappa shape index (κ2) is 7.94. The summed E-state index contributed by atoms with van der Waals surface area (Å²) in [5.41, 5.74) is 1.46. The molecule has 30 heavy (non-hydrogen) atoms. The van der Waals surface area contributed by atoms with Crippen LogP contribution in [0.15, 0.2) is 48.5 Å². The molecule has 1 N–H and O–H groups in total. The van der Waals surface area contributed by atoms with E-state index in [9.17, 15) is 14.4 Å². The standard InChI is InChI=1S/C24H28N2O4/c1-6-24(17-10-8-7-9-11-17)21(28)26(22(29)25-24)15-20(27)30-19-13-12-18(14-16(19)2)23(3,4)5/h7-14H,6,15H2,1-5H3,(H,25,29). The van der Waals surface area contributed by atoms with Crippen molar-refractivity contribution in [1.82, 2.24) is 10.2 Å². The third-order valence-electron chi connectivity index (χ3n) is 5.52. The molecule has 1 aliphatic heterocycles. The van der Waals surface area contributed by atoms with Crippen LogP contribution in [0, 0.1) is 6.92 Å². The Hall–Kier alpha value is -3.15. The van der Waals surface area contributed by atoms with E-state index in [1.54, 1.807) is 18.2 Å². The zero-order chi connectivity index (χ0) is 22.1. The summed E-state index contributed by atoms with van der Waals surface area (Å²) in [6.07, 6.45) is 0.376. The van der Waals surface area contributed by atoms with Crippen LogP contribution < -0.4 is 10.1 Å². The highest BCUT2D eigenvalue weighted by molar-refractivity contribution is 6.09. The van der Waals surface area contributed by atoms with E-state index in [-0.39, 0.29) is 5.41 Å². The van der Waals surface area contributed by atoms with Gasteiger partial charge in [-0.2, -0.15) is 0 Å². The Kier molecular flexibility index (Phi) is 5.70. The lowest BCUT2D eigenvalue weighted by Gasteiger charge is -2.25. The number of nitrogens with zero attached hydrogens (tertiary/aromatic N) is 1. The second-order valence-corrected chi connectivity index (χ2v) is 8.65. The van der Waals surface area contributed by atoms with Gasteiger partial charge in [0, 0.05) is 0 Å². The Morgan fingerprint density at radius 2 is 1.77 bits per heavy atom. The van der Waals surface area contributed by atoms with Crippen molar-refractivity contribution in [2.24, 2.45) is 0 Å². The number of nitrogens with one attached hydrogen (secondary N) is 1. The van der Waals surface area contributed by atoms with Crippen molar-refractivity contribution in [3.8, 4) is 5.75 Å². The first-order valence-electron chi connectivity index (χ1n) is 10.1. The zero-order valence-electron chi connectivity index (χ0n) is 18.1. The van der Waals surface area contributed by atoms with E-state index in [4.69, 9.17) is 4.74 Å². The maximum Gasteiger partial charge on any atom is 0.331 e. The fourth-order valence-electron chi connectivity index (χ4n) is 3.65. The van der Waals surface area contributed by atoms with E-state index >= 15 is 0 Å². The summed E-state index contributed by atoms with van der Waals surface area (Å²) in [6, 6.07) is 14.1. The van der Waals surface area contributed by atoms with Crippen molar-refractivity contribution in [3.63, 3.8) is 0 Å². The molecule has 1 fully saturated rings. The lowest BCUT2D eigenvalue weighted by molar-refractivity contribution is -0.141. The molecule has 2 aromatic rings. The molecule has 1 saturated heterocycles. The predicted octanol–water partition coefficient (Wildman–Crippen LogP) is 4.06. The van der Waals surface area contributed by atoms with E-state index in [2.05, 4.69) is 26.1 Å². The lowest BCUT2D eigenvalue weighted by atomic mass is 9.86. The minimum Gasteiger partial charge on any atom is -0.425 e. The maximum atomic E-state index is 13.1. The molecule has 6 nitrogen and oxygen atoms in total. The summed E-state index contributed by atoms with van der Waals surface area (Å²) in [7, 11) is 0. The quantitative estimate of drug-likeness (QED) is 0.460. The summed E-state index contributed by atoms with van der Waals surface area (Å²) in [5, 5.41) is 2.77. The number of rotatable bonds is 5. The summed E-state index contributed by atoms with van der Waals surface area (Å²) in [6.45, 7) is 9.57. The van der Waals surface area contributed by atoms with Crippen molar-refractivity contribution in [3.05, 3.63) is 65.2 Å². The minimum absolute atomic E-state index is 0.0196. The van der Waals surface area contributed by atoms with Gasteiger partial charge in [-0.05, 0) is 41.5 Å². The van der Waals surface area contributed by atoms with Crippen molar-refractivity contribution in [2.75, 3.05) is 6.54 Å². The van der Waals surface area contributed by atoms with Crippen LogP contribution >= 0.6 is 0 Å².